The van der Waals surface area contributed by atoms with Crippen LogP contribution in [0.5, 0.6) is 5.75 Å². The van der Waals surface area contributed by atoms with Crippen molar-refractivity contribution < 1.29 is 13.9 Å². The van der Waals surface area contributed by atoms with Crippen molar-refractivity contribution in [1.29, 1.82) is 0 Å². The van der Waals surface area contributed by atoms with Crippen molar-refractivity contribution >= 4 is 23.2 Å². The van der Waals surface area contributed by atoms with Crippen molar-refractivity contribution in [1.82, 2.24) is 0 Å². The summed E-state index contributed by atoms with van der Waals surface area (Å²) in [6, 6.07) is 11.1. The Hall–Kier alpha value is -2.07. The third kappa shape index (κ3) is 3.16. The summed E-state index contributed by atoms with van der Waals surface area (Å²) in [6.45, 7) is 0.321. The van der Waals surface area contributed by atoms with Crippen molar-refractivity contribution in [2.24, 2.45) is 5.92 Å². The van der Waals surface area contributed by atoms with Gasteiger partial charge in [0.2, 0.25) is 5.91 Å². The van der Waals surface area contributed by atoms with E-state index in [0.29, 0.717) is 23.7 Å². The van der Waals surface area contributed by atoms with Gasteiger partial charge in [0, 0.05) is 10.7 Å². The Morgan fingerprint density at radius 2 is 2.00 bits per heavy atom. The first kappa shape index (κ1) is 13.9. The van der Waals surface area contributed by atoms with Crippen LogP contribution in [0, 0.1) is 11.7 Å². The number of anilines is 1. The Morgan fingerprint density at radius 1 is 1.24 bits per heavy atom. The number of carbonyl (C=O) groups is 1. The molecule has 1 atom stereocenters. The average Bonchev–Trinajstić information content (AvgIpc) is 2.48. The summed E-state index contributed by atoms with van der Waals surface area (Å²) in [7, 11) is 0. The van der Waals surface area contributed by atoms with Crippen LogP contribution in [0.2, 0.25) is 5.02 Å². The normalized spacial score (nSPS) is 16.8. The molecule has 0 aromatic heterocycles. The predicted octanol–water partition coefficient (Wildman–Crippen LogP) is 3.67. The first-order chi connectivity index (χ1) is 10.1. The van der Waals surface area contributed by atoms with Gasteiger partial charge in [-0.25, -0.2) is 4.39 Å². The number of nitrogens with one attached hydrogen (secondary N) is 1. The van der Waals surface area contributed by atoms with Crippen molar-refractivity contribution in [3.05, 3.63) is 58.9 Å². The van der Waals surface area contributed by atoms with Crippen LogP contribution in [0.1, 0.15) is 5.56 Å². The van der Waals surface area contributed by atoms with Gasteiger partial charge in [0.05, 0.1) is 5.92 Å². The summed E-state index contributed by atoms with van der Waals surface area (Å²) in [6.07, 6.45) is 0.572. The zero-order chi connectivity index (χ0) is 14.8. The Labute approximate surface area is 126 Å². The van der Waals surface area contributed by atoms with Gasteiger partial charge in [0.25, 0.3) is 0 Å². The zero-order valence-electron chi connectivity index (χ0n) is 11.1. The lowest BCUT2D eigenvalue weighted by molar-refractivity contribution is -0.121. The lowest BCUT2D eigenvalue weighted by atomic mass is 9.96. The predicted molar refractivity (Wildman–Crippen MR) is 79.2 cm³/mol. The monoisotopic (exact) mass is 305 g/mol. The Kier molecular flexibility index (Phi) is 3.80. The van der Waals surface area contributed by atoms with Crippen LogP contribution in [-0.2, 0) is 11.2 Å². The minimum Gasteiger partial charge on any atom is -0.492 e. The van der Waals surface area contributed by atoms with Crippen LogP contribution in [0.3, 0.4) is 0 Å². The molecule has 3 nitrogen and oxygen atoms in total. The van der Waals surface area contributed by atoms with Crippen LogP contribution in [0.4, 0.5) is 10.1 Å². The zero-order valence-corrected chi connectivity index (χ0v) is 11.9. The summed E-state index contributed by atoms with van der Waals surface area (Å²) in [4.78, 5) is 12.2. The maximum absolute atomic E-state index is 12.8. The molecule has 1 amide bonds. The maximum atomic E-state index is 12.8. The van der Waals surface area contributed by atoms with Gasteiger partial charge in [-0.15, -0.1) is 0 Å². The molecule has 108 valence electrons. The fraction of sp³-hybridized carbons (Fsp3) is 0.188. The number of ether oxygens (including phenoxy) is 1. The highest BCUT2D eigenvalue weighted by Crippen LogP contribution is 2.30. The van der Waals surface area contributed by atoms with E-state index < -0.39 is 0 Å². The first-order valence-electron chi connectivity index (χ1n) is 6.59. The topological polar surface area (TPSA) is 38.3 Å². The van der Waals surface area contributed by atoms with Crippen LogP contribution in [0.25, 0.3) is 0 Å². The molecule has 1 N–H and O–H groups in total. The van der Waals surface area contributed by atoms with Crippen molar-refractivity contribution in [3.8, 4) is 5.75 Å². The van der Waals surface area contributed by atoms with Gasteiger partial charge in [0.15, 0.2) is 0 Å². The average molecular weight is 306 g/mol. The molecule has 0 fully saturated rings. The number of rotatable bonds is 2. The fourth-order valence-electron chi connectivity index (χ4n) is 2.31. The molecule has 1 aliphatic rings. The molecule has 1 heterocycles. The molecule has 0 saturated heterocycles. The molecule has 0 unspecified atom stereocenters. The fourth-order valence-corrected chi connectivity index (χ4v) is 2.50. The SMILES string of the molecule is O=C(Nc1ccc(F)cc1)[C@@H]1COc2ccc(Cl)cc2C1. The second-order valence-corrected chi connectivity index (χ2v) is 5.40. The van der Waals surface area contributed by atoms with E-state index in [9.17, 15) is 9.18 Å². The van der Waals surface area contributed by atoms with Crippen LogP contribution < -0.4 is 10.1 Å². The summed E-state index contributed by atoms with van der Waals surface area (Å²) in [5, 5.41) is 3.39. The van der Waals surface area contributed by atoms with E-state index in [4.69, 9.17) is 16.3 Å². The van der Waals surface area contributed by atoms with E-state index in [1.165, 1.54) is 24.3 Å². The largest absolute Gasteiger partial charge is 0.492 e. The van der Waals surface area contributed by atoms with Gasteiger partial charge in [-0.3, -0.25) is 4.79 Å². The Morgan fingerprint density at radius 3 is 2.76 bits per heavy atom. The molecule has 21 heavy (non-hydrogen) atoms. The number of carbonyl (C=O) groups excluding carboxylic acids is 1. The van der Waals surface area contributed by atoms with Gasteiger partial charge in [-0.2, -0.15) is 0 Å². The summed E-state index contributed by atoms with van der Waals surface area (Å²) < 4.78 is 18.4. The van der Waals surface area contributed by atoms with Crippen molar-refractivity contribution in [3.63, 3.8) is 0 Å². The molecular weight excluding hydrogens is 293 g/mol. The standard InChI is InChI=1S/C16H13ClFNO2/c17-12-1-6-15-10(8-12)7-11(9-21-15)16(20)19-14-4-2-13(18)3-5-14/h1-6,8,11H,7,9H2,(H,19,20)/t11-/m0/s1. The highest BCUT2D eigenvalue weighted by molar-refractivity contribution is 6.30. The molecule has 0 radical (unpaired) electrons. The second kappa shape index (κ2) is 5.74. The minimum atomic E-state index is -0.336. The quantitative estimate of drug-likeness (QED) is 0.919. The van der Waals surface area contributed by atoms with E-state index in [1.807, 2.05) is 12.1 Å². The summed E-state index contributed by atoms with van der Waals surface area (Å²) in [5.74, 6) is -0.00365. The Balaban J connectivity index is 1.70. The van der Waals surface area contributed by atoms with Gasteiger partial charge < -0.3 is 10.1 Å². The highest BCUT2D eigenvalue weighted by atomic mass is 35.5. The molecule has 1 aliphatic heterocycles. The highest BCUT2D eigenvalue weighted by Gasteiger charge is 2.26. The molecule has 3 rings (SSSR count). The number of benzene rings is 2. The van der Waals surface area contributed by atoms with Gasteiger partial charge >= 0.3 is 0 Å². The third-order valence-corrected chi connectivity index (χ3v) is 3.65. The number of hydrogen-bond acceptors (Lipinski definition) is 2. The molecule has 2 aromatic carbocycles. The van der Waals surface area contributed by atoms with Crippen molar-refractivity contribution in [2.45, 2.75) is 6.42 Å². The lowest BCUT2D eigenvalue weighted by Gasteiger charge is -2.24. The number of hydrogen-bond donors (Lipinski definition) is 1. The number of amides is 1. The van der Waals surface area contributed by atoms with Crippen LogP contribution in [-0.4, -0.2) is 12.5 Å². The van der Waals surface area contributed by atoms with Gasteiger partial charge in [-0.05, 0) is 54.4 Å². The molecule has 0 bridgehead atoms. The third-order valence-electron chi connectivity index (χ3n) is 3.41. The number of fused-ring (bicyclic) bond motifs is 1. The van der Waals surface area contributed by atoms with E-state index >= 15 is 0 Å². The second-order valence-electron chi connectivity index (χ2n) is 4.96. The molecule has 2 aromatic rings. The summed E-state index contributed by atoms with van der Waals surface area (Å²) in [5.41, 5.74) is 1.49. The molecular formula is C16H13ClFNO2. The smallest absolute Gasteiger partial charge is 0.231 e. The maximum Gasteiger partial charge on any atom is 0.231 e. The van der Waals surface area contributed by atoms with E-state index in [0.717, 1.165) is 11.3 Å². The Bertz CT molecular complexity index is 672. The summed E-state index contributed by atoms with van der Waals surface area (Å²) >= 11 is 5.96. The van der Waals surface area contributed by atoms with E-state index in [-0.39, 0.29) is 17.6 Å². The molecule has 0 aliphatic carbocycles. The van der Waals surface area contributed by atoms with Gasteiger partial charge in [-0.1, -0.05) is 11.6 Å². The first-order valence-corrected chi connectivity index (χ1v) is 6.97. The lowest BCUT2D eigenvalue weighted by Crippen LogP contribution is -2.32. The number of halogens is 2. The van der Waals surface area contributed by atoms with E-state index in [1.54, 1.807) is 6.07 Å². The minimum absolute atomic E-state index is 0.146. The molecule has 5 heteroatoms. The van der Waals surface area contributed by atoms with Crippen molar-refractivity contribution in [2.75, 3.05) is 11.9 Å². The molecule has 0 saturated carbocycles. The molecule has 0 spiro atoms. The van der Waals surface area contributed by atoms with Crippen LogP contribution >= 0.6 is 11.6 Å². The van der Waals surface area contributed by atoms with Gasteiger partial charge in [0.1, 0.15) is 18.2 Å². The van der Waals surface area contributed by atoms with Crippen LogP contribution in [0.15, 0.2) is 42.5 Å². The van der Waals surface area contributed by atoms with E-state index in [2.05, 4.69) is 5.32 Å².